The topological polar surface area (TPSA) is 78.5 Å². The highest BCUT2D eigenvalue weighted by atomic mass is 15.0. The minimum absolute atomic E-state index is 0.297. The fourth-order valence-corrected chi connectivity index (χ4v) is 0.552. The van der Waals surface area contributed by atoms with E-state index in [4.69, 9.17) is 11.0 Å². The van der Waals surface area contributed by atoms with Crippen molar-refractivity contribution in [2.75, 3.05) is 5.73 Å². The standard InChI is InChI=1S/C5H6N4/c6-2-1-4-5(7)9-3-8-4/h3H,1,7H2,(H,8,9). The molecule has 0 aliphatic heterocycles. The minimum atomic E-state index is 0.297. The lowest BCUT2D eigenvalue weighted by molar-refractivity contribution is 1.16. The van der Waals surface area contributed by atoms with E-state index in [-0.39, 0.29) is 0 Å². The van der Waals surface area contributed by atoms with Gasteiger partial charge in [-0.2, -0.15) is 5.26 Å². The molecule has 4 heteroatoms. The molecule has 0 saturated heterocycles. The van der Waals surface area contributed by atoms with Gasteiger partial charge in [0.1, 0.15) is 5.82 Å². The lowest BCUT2D eigenvalue weighted by Gasteiger charge is -1.85. The monoisotopic (exact) mass is 122 g/mol. The maximum atomic E-state index is 8.21. The number of anilines is 1. The molecule has 3 N–H and O–H groups in total. The number of imidazole rings is 1. The lowest BCUT2D eigenvalue weighted by Crippen LogP contribution is -1.90. The Morgan fingerprint density at radius 3 is 3.11 bits per heavy atom. The number of nitrogen functional groups attached to an aromatic ring is 1. The maximum Gasteiger partial charge on any atom is 0.145 e. The van der Waals surface area contributed by atoms with Crippen LogP contribution in [0, 0.1) is 11.3 Å². The van der Waals surface area contributed by atoms with Gasteiger partial charge in [-0.1, -0.05) is 0 Å². The van der Waals surface area contributed by atoms with E-state index >= 15 is 0 Å². The van der Waals surface area contributed by atoms with Gasteiger partial charge in [0.05, 0.1) is 24.5 Å². The maximum absolute atomic E-state index is 8.21. The number of nitrogens with zero attached hydrogens (tertiary/aromatic N) is 2. The summed E-state index contributed by atoms with van der Waals surface area (Å²) in [5.41, 5.74) is 6.03. The second kappa shape index (κ2) is 2.18. The van der Waals surface area contributed by atoms with Crippen molar-refractivity contribution in [2.45, 2.75) is 6.42 Å². The molecule has 0 atom stereocenters. The van der Waals surface area contributed by atoms with Gasteiger partial charge in [0, 0.05) is 0 Å². The summed E-state index contributed by atoms with van der Waals surface area (Å²) in [4.78, 5) is 6.45. The van der Waals surface area contributed by atoms with Crippen LogP contribution in [0.1, 0.15) is 5.69 Å². The first-order valence-corrected chi connectivity index (χ1v) is 2.49. The molecule has 9 heavy (non-hydrogen) atoms. The van der Waals surface area contributed by atoms with Crippen LogP contribution in [0.5, 0.6) is 0 Å². The molecule has 0 radical (unpaired) electrons. The van der Waals surface area contributed by atoms with E-state index in [0.29, 0.717) is 17.9 Å². The van der Waals surface area contributed by atoms with Crippen LogP contribution in [0.15, 0.2) is 6.33 Å². The molecular weight excluding hydrogens is 116 g/mol. The number of hydrogen-bond acceptors (Lipinski definition) is 3. The molecule has 1 heterocycles. The Morgan fingerprint density at radius 1 is 1.89 bits per heavy atom. The predicted octanol–water partition coefficient (Wildman–Crippen LogP) is 0.0580. The normalized spacial score (nSPS) is 8.78. The summed E-state index contributed by atoms with van der Waals surface area (Å²) in [6, 6.07) is 1.96. The van der Waals surface area contributed by atoms with Gasteiger partial charge in [-0.15, -0.1) is 0 Å². The fourth-order valence-electron chi connectivity index (χ4n) is 0.552. The molecule has 0 fully saturated rings. The van der Waals surface area contributed by atoms with Crippen LogP contribution < -0.4 is 5.73 Å². The Bertz CT molecular complexity index is 231. The highest BCUT2D eigenvalue weighted by molar-refractivity contribution is 5.35. The molecule has 1 rings (SSSR count). The van der Waals surface area contributed by atoms with Gasteiger partial charge in [0.2, 0.25) is 0 Å². The first kappa shape index (κ1) is 5.63. The summed E-state index contributed by atoms with van der Waals surface area (Å²) < 4.78 is 0. The van der Waals surface area contributed by atoms with Gasteiger partial charge in [0.25, 0.3) is 0 Å². The molecule has 0 saturated carbocycles. The van der Waals surface area contributed by atoms with Crippen molar-refractivity contribution in [1.82, 2.24) is 9.97 Å². The Labute approximate surface area is 52.3 Å². The molecule has 0 aromatic carbocycles. The van der Waals surface area contributed by atoms with Gasteiger partial charge in [0.15, 0.2) is 0 Å². The van der Waals surface area contributed by atoms with Crippen LogP contribution in [-0.2, 0) is 6.42 Å². The van der Waals surface area contributed by atoms with Crippen LogP contribution >= 0.6 is 0 Å². The van der Waals surface area contributed by atoms with E-state index in [9.17, 15) is 0 Å². The second-order valence-corrected chi connectivity index (χ2v) is 1.60. The summed E-state index contributed by atoms with van der Waals surface area (Å²) in [7, 11) is 0. The predicted molar refractivity (Wildman–Crippen MR) is 32.3 cm³/mol. The molecule has 1 aromatic heterocycles. The van der Waals surface area contributed by atoms with Crippen LogP contribution in [-0.4, -0.2) is 9.97 Å². The zero-order valence-corrected chi connectivity index (χ0v) is 4.76. The SMILES string of the molecule is N#CCc1[nH]cnc1N. The van der Waals surface area contributed by atoms with Crippen molar-refractivity contribution in [1.29, 1.82) is 5.26 Å². The van der Waals surface area contributed by atoms with E-state index < -0.39 is 0 Å². The first-order valence-electron chi connectivity index (χ1n) is 2.49. The average molecular weight is 122 g/mol. The molecule has 46 valence electrons. The fraction of sp³-hybridized carbons (Fsp3) is 0.200. The number of H-pyrrole nitrogens is 1. The highest BCUT2D eigenvalue weighted by Crippen LogP contribution is 2.02. The van der Waals surface area contributed by atoms with E-state index in [1.54, 1.807) is 0 Å². The van der Waals surface area contributed by atoms with Gasteiger partial charge >= 0.3 is 0 Å². The average Bonchev–Trinajstić information content (AvgIpc) is 2.18. The number of aromatic amines is 1. The largest absolute Gasteiger partial charge is 0.382 e. The Hall–Kier alpha value is -1.50. The Balaban J connectivity index is 2.84. The molecule has 1 aromatic rings. The minimum Gasteiger partial charge on any atom is -0.382 e. The molecule has 0 unspecified atom stereocenters. The number of aromatic nitrogens is 2. The third-order valence-corrected chi connectivity index (χ3v) is 1.01. The highest BCUT2D eigenvalue weighted by Gasteiger charge is 1.97. The van der Waals surface area contributed by atoms with Crippen molar-refractivity contribution in [2.24, 2.45) is 0 Å². The molecule has 0 aliphatic carbocycles. The lowest BCUT2D eigenvalue weighted by atomic mass is 10.3. The second-order valence-electron chi connectivity index (χ2n) is 1.60. The van der Waals surface area contributed by atoms with E-state index in [1.807, 2.05) is 6.07 Å². The van der Waals surface area contributed by atoms with Crippen molar-refractivity contribution in [3.8, 4) is 6.07 Å². The van der Waals surface area contributed by atoms with Crippen LogP contribution in [0.25, 0.3) is 0 Å². The zero-order chi connectivity index (χ0) is 6.69. The number of rotatable bonds is 1. The summed E-state index contributed by atoms with van der Waals surface area (Å²) in [6.45, 7) is 0. The molecule has 0 spiro atoms. The number of hydrogen-bond donors (Lipinski definition) is 2. The molecule has 0 amide bonds. The van der Waals surface area contributed by atoms with Gasteiger partial charge in [-0.3, -0.25) is 0 Å². The van der Waals surface area contributed by atoms with Crippen LogP contribution in [0.2, 0.25) is 0 Å². The Kier molecular flexibility index (Phi) is 1.36. The van der Waals surface area contributed by atoms with E-state index in [1.165, 1.54) is 6.33 Å². The third-order valence-electron chi connectivity index (χ3n) is 1.01. The number of nitrogens with one attached hydrogen (secondary N) is 1. The third kappa shape index (κ3) is 0.995. The summed E-state index contributed by atoms with van der Waals surface area (Å²) >= 11 is 0. The molecule has 0 bridgehead atoms. The van der Waals surface area contributed by atoms with Crippen LogP contribution in [0.3, 0.4) is 0 Å². The number of nitriles is 1. The first-order chi connectivity index (χ1) is 4.34. The van der Waals surface area contributed by atoms with Gasteiger partial charge < -0.3 is 10.7 Å². The summed E-state index contributed by atoms with van der Waals surface area (Å²) in [5.74, 6) is 0.413. The zero-order valence-electron chi connectivity index (χ0n) is 4.76. The van der Waals surface area contributed by atoms with Gasteiger partial charge in [-0.25, -0.2) is 4.98 Å². The van der Waals surface area contributed by atoms with Crippen LogP contribution in [0.4, 0.5) is 5.82 Å². The van der Waals surface area contributed by atoms with E-state index in [2.05, 4.69) is 9.97 Å². The summed E-state index contributed by atoms with van der Waals surface area (Å²) in [6.07, 6.45) is 1.77. The molecular formula is C5H6N4. The van der Waals surface area contributed by atoms with Crippen molar-refractivity contribution in [3.05, 3.63) is 12.0 Å². The van der Waals surface area contributed by atoms with E-state index in [0.717, 1.165) is 0 Å². The van der Waals surface area contributed by atoms with Crippen molar-refractivity contribution in [3.63, 3.8) is 0 Å². The molecule has 0 aliphatic rings. The Morgan fingerprint density at radius 2 is 2.67 bits per heavy atom. The van der Waals surface area contributed by atoms with Crippen molar-refractivity contribution < 1.29 is 0 Å². The summed E-state index contributed by atoms with van der Waals surface area (Å²) in [5, 5.41) is 8.21. The number of nitrogens with two attached hydrogens (primary N) is 1. The molecule has 4 nitrogen and oxygen atoms in total. The quantitative estimate of drug-likeness (QED) is 0.552. The van der Waals surface area contributed by atoms with Gasteiger partial charge in [-0.05, 0) is 0 Å². The smallest absolute Gasteiger partial charge is 0.145 e. The van der Waals surface area contributed by atoms with Crippen molar-refractivity contribution >= 4 is 5.82 Å².